The van der Waals surface area contributed by atoms with E-state index in [9.17, 15) is 33.6 Å². The van der Waals surface area contributed by atoms with Crippen LogP contribution in [-0.2, 0) is 33.4 Å². The number of hydrogen-bond acceptors (Lipinski definition) is 13. The smallest absolute Gasteiger partial charge is 0.408 e. The zero-order valence-corrected chi connectivity index (χ0v) is 28.2. The highest BCUT2D eigenvalue weighted by Gasteiger charge is 2.26. The fourth-order valence-electron chi connectivity index (χ4n) is 2.35. The highest BCUT2D eigenvalue weighted by Crippen LogP contribution is 2.18. The molecular formula is C25H38BrN5O11S2. The zero-order valence-electron chi connectivity index (χ0n) is 25.0. The lowest BCUT2D eigenvalue weighted by atomic mass is 10.1. The van der Waals surface area contributed by atoms with E-state index in [4.69, 9.17) is 25.4 Å². The molecule has 0 aromatic carbocycles. The number of ether oxygens (including phenoxy) is 2. The van der Waals surface area contributed by atoms with Gasteiger partial charge in [0.1, 0.15) is 34.6 Å². The molecule has 0 saturated carbocycles. The number of thiazole rings is 1. The number of aliphatic carboxylic acids is 2. The van der Waals surface area contributed by atoms with Gasteiger partial charge in [0.25, 0.3) is 0 Å². The van der Waals surface area contributed by atoms with E-state index in [0.29, 0.717) is 28.9 Å². The van der Waals surface area contributed by atoms with Crippen molar-refractivity contribution in [2.24, 2.45) is 11.7 Å². The van der Waals surface area contributed by atoms with Crippen molar-refractivity contribution in [1.82, 2.24) is 15.6 Å². The summed E-state index contributed by atoms with van der Waals surface area (Å²) in [5, 5.41) is 25.8. The van der Waals surface area contributed by atoms with Crippen LogP contribution in [0.5, 0.6) is 0 Å². The lowest BCUT2D eigenvalue weighted by molar-refractivity contribution is -0.159. The number of alkyl carbamates (subject to hydrolysis) is 1. The number of nitrogens with zero attached hydrogens (tertiary/aromatic N) is 1. The average Bonchev–Trinajstić information content (AvgIpc) is 3.34. The average molecular weight is 729 g/mol. The maximum atomic E-state index is 11.7. The van der Waals surface area contributed by atoms with Crippen molar-refractivity contribution < 1.29 is 53.2 Å². The molecule has 7 N–H and O–H groups in total. The molecule has 0 radical (unpaired) electrons. The Morgan fingerprint density at radius 3 is 1.93 bits per heavy atom. The third-order valence-electron chi connectivity index (χ3n) is 4.05. The van der Waals surface area contributed by atoms with Crippen molar-refractivity contribution in [2.75, 3.05) is 18.4 Å². The minimum atomic E-state index is -1.21. The Bertz CT molecular complexity index is 1130. The van der Waals surface area contributed by atoms with Crippen LogP contribution in [0, 0.1) is 5.92 Å². The quantitative estimate of drug-likeness (QED) is 0.0556. The number of thiocarbonyl (C=S) groups is 1. The van der Waals surface area contributed by atoms with Crippen molar-refractivity contribution in [3.05, 3.63) is 11.1 Å². The van der Waals surface area contributed by atoms with E-state index < -0.39 is 52.0 Å². The molecule has 1 aromatic heterocycles. The summed E-state index contributed by atoms with van der Waals surface area (Å²) in [6.07, 6.45) is 2.06. The number of esters is 1. The van der Waals surface area contributed by atoms with Gasteiger partial charge in [-0.2, -0.15) is 0 Å². The van der Waals surface area contributed by atoms with Gasteiger partial charge in [-0.3, -0.25) is 14.4 Å². The molecule has 19 heteroatoms. The lowest BCUT2D eigenvalue weighted by Gasteiger charge is -2.22. The molecule has 1 aromatic rings. The second kappa shape index (κ2) is 21.1. The normalized spacial score (nSPS) is 11.9. The second-order valence-electron chi connectivity index (χ2n) is 10.4. The molecular weight excluding hydrogens is 690 g/mol. The Morgan fingerprint density at radius 2 is 1.57 bits per heavy atom. The van der Waals surface area contributed by atoms with Crippen LogP contribution < -0.4 is 21.7 Å². The SMILES string of the molecule is CC(C)(C)OC(=O)C[C@@H](CNc1ncc(C=O)s1)C(=O)O.CC(C)(C)OC(=O)N[C@@H](CNC(N)=S)C(=O)O.O=CC(Br)C=O. The van der Waals surface area contributed by atoms with Gasteiger partial charge in [0.05, 0.1) is 23.4 Å². The summed E-state index contributed by atoms with van der Waals surface area (Å²) in [6, 6.07) is -1.16. The number of halogens is 1. The molecule has 0 bridgehead atoms. The molecule has 2 atom stereocenters. The van der Waals surface area contributed by atoms with Gasteiger partial charge in [-0.15, -0.1) is 0 Å². The summed E-state index contributed by atoms with van der Waals surface area (Å²) >= 11 is 8.39. The van der Waals surface area contributed by atoms with Crippen LogP contribution in [0.25, 0.3) is 0 Å². The van der Waals surface area contributed by atoms with Crippen LogP contribution in [0.1, 0.15) is 57.6 Å². The maximum absolute atomic E-state index is 11.7. The number of alkyl halides is 1. The van der Waals surface area contributed by atoms with Gasteiger partial charge in [-0.1, -0.05) is 27.3 Å². The fraction of sp³-hybridized carbons (Fsp3) is 0.560. The lowest BCUT2D eigenvalue weighted by Crippen LogP contribution is -2.50. The predicted molar refractivity (Wildman–Crippen MR) is 168 cm³/mol. The summed E-state index contributed by atoms with van der Waals surface area (Å²) in [5.41, 5.74) is 3.82. The van der Waals surface area contributed by atoms with Gasteiger partial charge >= 0.3 is 24.0 Å². The number of nitrogens with two attached hydrogens (primary N) is 1. The largest absolute Gasteiger partial charge is 0.481 e. The minimum absolute atomic E-state index is 0.0282. The highest BCUT2D eigenvalue weighted by molar-refractivity contribution is 9.10. The van der Waals surface area contributed by atoms with Crippen LogP contribution in [0.15, 0.2) is 6.20 Å². The van der Waals surface area contributed by atoms with Gasteiger partial charge in [0.2, 0.25) is 0 Å². The van der Waals surface area contributed by atoms with Gasteiger partial charge in [0, 0.05) is 13.1 Å². The van der Waals surface area contributed by atoms with E-state index in [1.54, 1.807) is 41.5 Å². The summed E-state index contributed by atoms with van der Waals surface area (Å²) < 4.78 is 10.0. The molecule has 0 aliphatic rings. The first-order valence-electron chi connectivity index (χ1n) is 12.5. The van der Waals surface area contributed by atoms with E-state index in [1.807, 2.05) is 0 Å². The molecule has 1 rings (SSSR count). The second-order valence-corrected chi connectivity index (χ2v) is 13.0. The predicted octanol–water partition coefficient (Wildman–Crippen LogP) is 1.75. The van der Waals surface area contributed by atoms with E-state index in [-0.39, 0.29) is 24.6 Å². The summed E-state index contributed by atoms with van der Waals surface area (Å²) in [4.78, 5) is 78.2. The first kappa shape index (κ1) is 42.4. The molecule has 1 heterocycles. The minimum Gasteiger partial charge on any atom is -0.481 e. The van der Waals surface area contributed by atoms with Crippen molar-refractivity contribution in [1.29, 1.82) is 0 Å². The highest BCUT2D eigenvalue weighted by atomic mass is 79.9. The molecule has 44 heavy (non-hydrogen) atoms. The molecule has 0 unspecified atom stereocenters. The molecule has 248 valence electrons. The number of rotatable bonds is 13. The summed E-state index contributed by atoms with van der Waals surface area (Å²) in [5.74, 6) is -3.80. The van der Waals surface area contributed by atoms with Crippen molar-refractivity contribution in [3.8, 4) is 0 Å². The Labute approximate surface area is 271 Å². The number of hydrogen-bond donors (Lipinski definition) is 6. The van der Waals surface area contributed by atoms with E-state index in [0.717, 1.165) is 11.3 Å². The maximum Gasteiger partial charge on any atom is 0.408 e. The van der Waals surface area contributed by atoms with Gasteiger partial charge in [-0.25, -0.2) is 14.6 Å². The number of carboxylic acids is 2. The first-order valence-corrected chi connectivity index (χ1v) is 14.7. The number of aldehydes is 3. The summed E-state index contributed by atoms with van der Waals surface area (Å²) in [7, 11) is 0. The molecule has 16 nitrogen and oxygen atoms in total. The van der Waals surface area contributed by atoms with E-state index in [1.165, 1.54) is 6.20 Å². The van der Waals surface area contributed by atoms with Crippen LogP contribution in [-0.4, -0.2) is 98.3 Å². The van der Waals surface area contributed by atoms with Crippen LogP contribution >= 0.6 is 39.5 Å². The van der Waals surface area contributed by atoms with E-state index in [2.05, 4.69) is 49.1 Å². The van der Waals surface area contributed by atoms with Crippen LogP contribution in [0.4, 0.5) is 9.93 Å². The molecule has 1 amide bonds. The van der Waals surface area contributed by atoms with Crippen molar-refractivity contribution in [2.45, 2.75) is 70.0 Å². The van der Waals surface area contributed by atoms with E-state index >= 15 is 0 Å². The number of carbonyl (C=O) groups is 7. The topological polar surface area (TPSA) is 253 Å². The summed E-state index contributed by atoms with van der Waals surface area (Å²) in [6.45, 7) is 10.1. The number of amides is 1. The third-order valence-corrected chi connectivity index (χ3v) is 5.51. The Morgan fingerprint density at radius 1 is 1.02 bits per heavy atom. The Kier molecular flexibility index (Phi) is 20.3. The van der Waals surface area contributed by atoms with Crippen molar-refractivity contribution in [3.63, 3.8) is 0 Å². The monoisotopic (exact) mass is 727 g/mol. The standard InChI is InChI=1S/C13H18N2O5S.C9H17N3O4S.C3H3BrO2/c1-13(2,3)20-10(17)4-8(11(18)19)5-14-12-15-6-9(7-16)21-12;1-9(2,3)16-8(15)12-5(6(13)14)4-11-7(10)17;4-3(1-5)2-6/h6-8H,4-5H2,1-3H3,(H,14,15)(H,18,19);5H,4H2,1-3H3,(H,12,15)(H,13,14)(H3,10,11,17);1-3H/t8-;5-;/m00./s1. The van der Waals surface area contributed by atoms with Gasteiger partial charge < -0.3 is 51.0 Å². The fourth-order valence-corrected chi connectivity index (χ4v) is 3.07. The number of nitrogens with one attached hydrogen (secondary N) is 3. The number of aromatic nitrogens is 1. The molecule has 0 spiro atoms. The Hall–Kier alpha value is -3.71. The zero-order chi connectivity index (χ0) is 34.7. The van der Waals surface area contributed by atoms with Crippen LogP contribution in [0.2, 0.25) is 0 Å². The van der Waals surface area contributed by atoms with Crippen molar-refractivity contribution >= 4 is 92.6 Å². The van der Waals surface area contributed by atoms with Gasteiger partial charge in [0.15, 0.2) is 16.5 Å². The molecule has 0 aliphatic heterocycles. The molecule has 0 aliphatic carbocycles. The number of carboxylic acid groups (broad SMARTS) is 2. The molecule has 0 fully saturated rings. The first-order chi connectivity index (χ1) is 20.1. The third kappa shape index (κ3) is 23.8. The molecule has 0 saturated heterocycles. The van der Waals surface area contributed by atoms with Crippen LogP contribution in [0.3, 0.4) is 0 Å². The number of anilines is 1. The number of carbonyl (C=O) groups excluding carboxylic acids is 5. The van der Waals surface area contributed by atoms with Gasteiger partial charge in [-0.05, 0) is 53.8 Å². The Balaban J connectivity index is 0.